The van der Waals surface area contributed by atoms with Crippen LogP contribution in [0.5, 0.6) is 0 Å². The van der Waals surface area contributed by atoms with Gasteiger partial charge in [-0.05, 0) is 32.4 Å². The average molecular weight is 329 g/mol. The van der Waals surface area contributed by atoms with Crippen molar-refractivity contribution in [3.05, 3.63) is 47.4 Å². The van der Waals surface area contributed by atoms with Crippen LogP contribution in [0.4, 0.5) is 0 Å². The van der Waals surface area contributed by atoms with Gasteiger partial charge >= 0.3 is 0 Å². The predicted octanol–water partition coefficient (Wildman–Crippen LogP) is 3.68. The summed E-state index contributed by atoms with van der Waals surface area (Å²) in [6.07, 6.45) is 2.50. The van der Waals surface area contributed by atoms with E-state index in [-0.39, 0.29) is 5.25 Å². The minimum absolute atomic E-state index is 0.0107. The van der Waals surface area contributed by atoms with Crippen LogP contribution < -0.4 is 0 Å². The SMILES string of the molecule is CCc1noc(C(C)Sc2nncn2-c2ccc(C)cc2C)n1. The molecule has 0 saturated heterocycles. The highest BCUT2D eigenvalue weighted by Crippen LogP contribution is 2.34. The van der Waals surface area contributed by atoms with E-state index in [1.807, 2.05) is 18.4 Å². The van der Waals surface area contributed by atoms with Crippen molar-refractivity contribution in [2.24, 2.45) is 0 Å². The van der Waals surface area contributed by atoms with Crippen molar-refractivity contribution in [2.45, 2.75) is 44.5 Å². The second-order valence-electron chi connectivity index (χ2n) is 5.44. The minimum atomic E-state index is 0.0107. The summed E-state index contributed by atoms with van der Waals surface area (Å²) in [5.41, 5.74) is 3.50. The first-order chi connectivity index (χ1) is 11.1. The molecule has 6 nitrogen and oxygen atoms in total. The van der Waals surface area contributed by atoms with Crippen LogP contribution in [0.2, 0.25) is 0 Å². The Morgan fingerprint density at radius 2 is 2.13 bits per heavy atom. The van der Waals surface area contributed by atoms with Crippen molar-refractivity contribution in [2.75, 3.05) is 0 Å². The Labute approximate surface area is 139 Å². The molecule has 7 heteroatoms. The highest BCUT2D eigenvalue weighted by molar-refractivity contribution is 7.99. The van der Waals surface area contributed by atoms with Crippen LogP contribution in [-0.2, 0) is 6.42 Å². The van der Waals surface area contributed by atoms with Gasteiger partial charge in [-0.2, -0.15) is 4.98 Å². The molecule has 120 valence electrons. The highest BCUT2D eigenvalue weighted by atomic mass is 32.2. The standard InChI is InChI=1S/C16H19N5OS/c1-5-14-18-15(22-20-14)12(4)23-16-19-17-9-21(16)13-7-6-10(2)8-11(13)3/h6-9,12H,5H2,1-4H3. The van der Waals surface area contributed by atoms with Crippen molar-refractivity contribution in [3.8, 4) is 5.69 Å². The van der Waals surface area contributed by atoms with Gasteiger partial charge in [-0.15, -0.1) is 10.2 Å². The van der Waals surface area contributed by atoms with Gasteiger partial charge < -0.3 is 4.52 Å². The third-order valence-corrected chi connectivity index (χ3v) is 4.60. The van der Waals surface area contributed by atoms with Gasteiger partial charge in [0.25, 0.3) is 0 Å². The van der Waals surface area contributed by atoms with Crippen molar-refractivity contribution < 1.29 is 4.52 Å². The summed E-state index contributed by atoms with van der Waals surface area (Å²) in [5.74, 6) is 1.34. The van der Waals surface area contributed by atoms with Crippen LogP contribution >= 0.6 is 11.8 Å². The Bertz CT molecular complexity index is 810. The molecule has 1 aromatic carbocycles. The second-order valence-corrected chi connectivity index (χ2v) is 6.74. The average Bonchev–Trinajstić information content (AvgIpc) is 3.16. The van der Waals surface area contributed by atoms with E-state index in [9.17, 15) is 0 Å². The summed E-state index contributed by atoms with van der Waals surface area (Å²) in [4.78, 5) is 4.38. The zero-order valence-electron chi connectivity index (χ0n) is 13.6. The number of thioether (sulfide) groups is 1. The topological polar surface area (TPSA) is 69.6 Å². The smallest absolute Gasteiger partial charge is 0.239 e. The maximum atomic E-state index is 5.31. The van der Waals surface area contributed by atoms with Crippen LogP contribution in [0.3, 0.4) is 0 Å². The first-order valence-corrected chi connectivity index (χ1v) is 8.43. The largest absolute Gasteiger partial charge is 0.338 e. The van der Waals surface area contributed by atoms with Gasteiger partial charge in [0.05, 0.1) is 10.9 Å². The van der Waals surface area contributed by atoms with E-state index in [1.165, 1.54) is 11.1 Å². The Balaban J connectivity index is 1.86. The van der Waals surface area contributed by atoms with Gasteiger partial charge in [0.2, 0.25) is 5.89 Å². The van der Waals surface area contributed by atoms with Gasteiger partial charge in [0.15, 0.2) is 11.0 Å². The van der Waals surface area contributed by atoms with Gasteiger partial charge in [-0.3, -0.25) is 4.57 Å². The fourth-order valence-corrected chi connectivity index (χ4v) is 3.20. The van der Waals surface area contributed by atoms with E-state index < -0.39 is 0 Å². The molecule has 0 aliphatic rings. The maximum Gasteiger partial charge on any atom is 0.239 e. The van der Waals surface area contributed by atoms with E-state index in [0.717, 1.165) is 23.1 Å². The summed E-state index contributed by atoms with van der Waals surface area (Å²) in [5, 5.41) is 13.1. The molecule has 0 spiro atoms. The van der Waals surface area contributed by atoms with Gasteiger partial charge in [-0.25, -0.2) is 0 Å². The molecule has 23 heavy (non-hydrogen) atoms. The molecule has 0 bridgehead atoms. The minimum Gasteiger partial charge on any atom is -0.338 e. The van der Waals surface area contributed by atoms with E-state index in [0.29, 0.717) is 5.89 Å². The first-order valence-electron chi connectivity index (χ1n) is 7.55. The molecule has 0 saturated carbocycles. The number of hydrogen-bond donors (Lipinski definition) is 0. The number of benzene rings is 1. The molecule has 3 rings (SSSR count). The summed E-state index contributed by atoms with van der Waals surface area (Å²) >= 11 is 1.55. The zero-order valence-corrected chi connectivity index (χ0v) is 14.5. The van der Waals surface area contributed by atoms with Crippen molar-refractivity contribution >= 4 is 11.8 Å². The quantitative estimate of drug-likeness (QED) is 0.665. The molecule has 2 heterocycles. The van der Waals surface area contributed by atoms with Gasteiger partial charge in [-0.1, -0.05) is 41.5 Å². The lowest BCUT2D eigenvalue weighted by atomic mass is 10.1. The number of aromatic nitrogens is 5. The molecule has 0 amide bonds. The molecule has 0 aliphatic carbocycles. The number of hydrogen-bond acceptors (Lipinski definition) is 6. The predicted molar refractivity (Wildman–Crippen MR) is 88.8 cm³/mol. The number of aryl methyl sites for hydroxylation is 3. The summed E-state index contributed by atoms with van der Waals surface area (Å²) < 4.78 is 7.30. The molecule has 1 unspecified atom stereocenters. The number of nitrogens with zero attached hydrogens (tertiary/aromatic N) is 5. The zero-order chi connectivity index (χ0) is 16.4. The third-order valence-electron chi connectivity index (χ3n) is 3.56. The Hall–Kier alpha value is -2.15. The van der Waals surface area contributed by atoms with Crippen molar-refractivity contribution in [1.82, 2.24) is 24.9 Å². The molecular formula is C16H19N5OS. The molecule has 0 radical (unpaired) electrons. The lowest BCUT2D eigenvalue weighted by Gasteiger charge is -2.11. The van der Waals surface area contributed by atoms with Crippen molar-refractivity contribution in [3.63, 3.8) is 0 Å². The normalized spacial score (nSPS) is 12.5. The highest BCUT2D eigenvalue weighted by Gasteiger charge is 2.19. The lowest BCUT2D eigenvalue weighted by Crippen LogP contribution is -2.00. The third kappa shape index (κ3) is 3.29. The van der Waals surface area contributed by atoms with E-state index >= 15 is 0 Å². The fraction of sp³-hybridized carbons (Fsp3) is 0.375. The van der Waals surface area contributed by atoms with Gasteiger partial charge in [0.1, 0.15) is 6.33 Å². The van der Waals surface area contributed by atoms with Crippen LogP contribution in [0.1, 0.15) is 41.9 Å². The van der Waals surface area contributed by atoms with Crippen LogP contribution in [-0.4, -0.2) is 24.9 Å². The Kier molecular flexibility index (Phi) is 4.47. The molecule has 1 atom stereocenters. The molecule has 3 aromatic rings. The monoisotopic (exact) mass is 329 g/mol. The number of rotatable bonds is 5. The summed E-state index contributed by atoms with van der Waals surface area (Å²) in [6, 6.07) is 6.33. The van der Waals surface area contributed by atoms with Crippen LogP contribution in [0.25, 0.3) is 5.69 Å². The maximum absolute atomic E-state index is 5.31. The van der Waals surface area contributed by atoms with Crippen LogP contribution in [0.15, 0.2) is 34.2 Å². The van der Waals surface area contributed by atoms with E-state index in [1.54, 1.807) is 18.1 Å². The lowest BCUT2D eigenvalue weighted by molar-refractivity contribution is 0.375. The van der Waals surface area contributed by atoms with Crippen molar-refractivity contribution in [1.29, 1.82) is 0 Å². The molecule has 0 aliphatic heterocycles. The van der Waals surface area contributed by atoms with Crippen LogP contribution in [0, 0.1) is 13.8 Å². The molecule has 2 aromatic heterocycles. The Morgan fingerprint density at radius 1 is 1.30 bits per heavy atom. The molecule has 0 fully saturated rings. The van der Waals surface area contributed by atoms with Gasteiger partial charge in [0, 0.05) is 6.42 Å². The van der Waals surface area contributed by atoms with E-state index in [4.69, 9.17) is 4.52 Å². The van der Waals surface area contributed by atoms with E-state index in [2.05, 4.69) is 52.4 Å². The summed E-state index contributed by atoms with van der Waals surface area (Å²) in [7, 11) is 0. The Morgan fingerprint density at radius 3 is 2.83 bits per heavy atom. The first kappa shape index (κ1) is 15.7. The molecular weight excluding hydrogens is 310 g/mol. The second kappa shape index (κ2) is 6.54. The fourth-order valence-electron chi connectivity index (χ4n) is 2.33. The summed E-state index contributed by atoms with van der Waals surface area (Å²) in [6.45, 7) is 8.20. The molecule has 0 N–H and O–H groups in total.